The van der Waals surface area contributed by atoms with Crippen LogP contribution < -0.4 is 5.32 Å². The van der Waals surface area contributed by atoms with Gasteiger partial charge < -0.3 is 10.1 Å². The van der Waals surface area contributed by atoms with E-state index in [4.69, 9.17) is 4.74 Å². The van der Waals surface area contributed by atoms with E-state index in [0.717, 1.165) is 38.5 Å². The monoisotopic (exact) mass is 249 g/mol. The second kappa shape index (κ2) is 6.83. The molecule has 0 saturated carbocycles. The lowest BCUT2D eigenvalue weighted by atomic mass is 10.1. The molecule has 18 heavy (non-hydrogen) atoms. The van der Waals surface area contributed by atoms with Crippen LogP contribution in [0.25, 0.3) is 0 Å². The van der Waals surface area contributed by atoms with Gasteiger partial charge in [0.2, 0.25) is 0 Å². The summed E-state index contributed by atoms with van der Waals surface area (Å²) in [4.78, 5) is 7.13. The van der Waals surface area contributed by atoms with E-state index in [1.54, 1.807) is 7.11 Å². The summed E-state index contributed by atoms with van der Waals surface area (Å²) in [6.07, 6.45) is 1.24. The standard InChI is InChI=1S/C14H23N3O/c1-15-8-13-4-3-5-14(16-13)10-17-7-6-12(9-17)11-18-2/h3-5,12,15H,6-11H2,1-2H3. The van der Waals surface area contributed by atoms with E-state index in [1.165, 1.54) is 12.1 Å². The van der Waals surface area contributed by atoms with Crippen LogP contribution in [0.4, 0.5) is 0 Å². The molecule has 1 unspecified atom stereocenters. The van der Waals surface area contributed by atoms with Crippen LogP contribution in [0.3, 0.4) is 0 Å². The second-order valence-electron chi connectivity index (χ2n) is 5.00. The minimum Gasteiger partial charge on any atom is -0.384 e. The molecule has 0 aliphatic carbocycles. The van der Waals surface area contributed by atoms with Gasteiger partial charge in [-0.2, -0.15) is 0 Å². The highest BCUT2D eigenvalue weighted by molar-refractivity contribution is 5.11. The fraction of sp³-hybridized carbons (Fsp3) is 0.643. The third-order valence-corrected chi connectivity index (χ3v) is 3.38. The van der Waals surface area contributed by atoms with Crippen LogP contribution in [0.15, 0.2) is 18.2 Å². The lowest BCUT2D eigenvalue weighted by Crippen LogP contribution is -2.22. The fourth-order valence-corrected chi connectivity index (χ4v) is 2.55. The largest absolute Gasteiger partial charge is 0.384 e. The number of likely N-dealkylation sites (tertiary alicyclic amines) is 1. The molecule has 0 spiro atoms. The van der Waals surface area contributed by atoms with Crippen LogP contribution in [-0.2, 0) is 17.8 Å². The highest BCUT2D eigenvalue weighted by Gasteiger charge is 2.22. The summed E-state index contributed by atoms with van der Waals surface area (Å²) in [6.45, 7) is 4.96. The van der Waals surface area contributed by atoms with Gasteiger partial charge in [-0.25, -0.2) is 0 Å². The van der Waals surface area contributed by atoms with Gasteiger partial charge in [0.15, 0.2) is 0 Å². The predicted molar refractivity (Wildman–Crippen MR) is 72.3 cm³/mol. The maximum Gasteiger partial charge on any atom is 0.0547 e. The van der Waals surface area contributed by atoms with Gasteiger partial charge in [-0.1, -0.05) is 6.07 Å². The zero-order chi connectivity index (χ0) is 12.8. The van der Waals surface area contributed by atoms with Crippen molar-refractivity contribution in [3.8, 4) is 0 Å². The van der Waals surface area contributed by atoms with Crippen LogP contribution in [-0.4, -0.2) is 43.7 Å². The Morgan fingerprint density at radius 3 is 3.06 bits per heavy atom. The minimum absolute atomic E-state index is 0.690. The van der Waals surface area contributed by atoms with Crippen LogP contribution >= 0.6 is 0 Å². The fourth-order valence-electron chi connectivity index (χ4n) is 2.55. The maximum absolute atomic E-state index is 5.22. The molecule has 1 aromatic heterocycles. The molecule has 0 radical (unpaired) electrons. The summed E-state index contributed by atoms with van der Waals surface area (Å²) in [5.41, 5.74) is 2.28. The smallest absolute Gasteiger partial charge is 0.0547 e. The Bertz CT molecular complexity index is 370. The molecule has 1 N–H and O–H groups in total. The predicted octanol–water partition coefficient (Wildman–Crippen LogP) is 1.27. The first-order valence-corrected chi connectivity index (χ1v) is 6.62. The quantitative estimate of drug-likeness (QED) is 0.824. The van der Waals surface area contributed by atoms with E-state index < -0.39 is 0 Å². The van der Waals surface area contributed by atoms with Crippen molar-refractivity contribution in [1.82, 2.24) is 15.2 Å². The van der Waals surface area contributed by atoms with Crippen LogP contribution in [0.1, 0.15) is 17.8 Å². The molecule has 2 rings (SSSR count). The van der Waals surface area contributed by atoms with Gasteiger partial charge in [0.1, 0.15) is 0 Å². The number of nitrogens with zero attached hydrogens (tertiary/aromatic N) is 2. The van der Waals surface area contributed by atoms with Crippen LogP contribution in [0.5, 0.6) is 0 Å². The molecule has 100 valence electrons. The maximum atomic E-state index is 5.22. The number of aromatic nitrogens is 1. The number of hydrogen-bond acceptors (Lipinski definition) is 4. The van der Waals surface area contributed by atoms with E-state index >= 15 is 0 Å². The van der Waals surface area contributed by atoms with Gasteiger partial charge in [-0.05, 0) is 38.1 Å². The van der Waals surface area contributed by atoms with Crippen molar-refractivity contribution in [3.63, 3.8) is 0 Å². The van der Waals surface area contributed by atoms with Crippen LogP contribution in [0, 0.1) is 5.92 Å². The van der Waals surface area contributed by atoms with Crippen molar-refractivity contribution in [1.29, 1.82) is 0 Å². The molecule has 1 atom stereocenters. The normalized spacial score (nSPS) is 20.4. The molecule has 1 aromatic rings. The minimum atomic E-state index is 0.690. The third kappa shape index (κ3) is 3.77. The average Bonchev–Trinajstić information content (AvgIpc) is 2.78. The van der Waals surface area contributed by atoms with Gasteiger partial charge >= 0.3 is 0 Å². The van der Waals surface area contributed by atoms with Gasteiger partial charge in [0.05, 0.1) is 18.0 Å². The Morgan fingerprint density at radius 1 is 1.44 bits per heavy atom. The molecule has 2 heterocycles. The molecule has 0 bridgehead atoms. The molecular formula is C14H23N3O. The Morgan fingerprint density at radius 2 is 2.28 bits per heavy atom. The first-order valence-electron chi connectivity index (χ1n) is 6.62. The summed E-state index contributed by atoms with van der Waals surface area (Å²) in [5.74, 6) is 0.690. The van der Waals surface area contributed by atoms with Gasteiger partial charge in [0.25, 0.3) is 0 Å². The van der Waals surface area contributed by atoms with Crippen molar-refractivity contribution in [3.05, 3.63) is 29.6 Å². The second-order valence-corrected chi connectivity index (χ2v) is 5.00. The number of ether oxygens (including phenoxy) is 1. The SMILES string of the molecule is CNCc1cccc(CN2CCC(COC)C2)n1. The molecule has 1 aliphatic rings. The number of hydrogen-bond donors (Lipinski definition) is 1. The molecule has 4 nitrogen and oxygen atoms in total. The van der Waals surface area contributed by atoms with E-state index in [0.29, 0.717) is 5.92 Å². The molecule has 4 heteroatoms. The molecule has 0 amide bonds. The van der Waals surface area contributed by atoms with Crippen molar-refractivity contribution in [2.24, 2.45) is 5.92 Å². The summed E-state index contributed by atoms with van der Waals surface area (Å²) in [6, 6.07) is 6.28. The zero-order valence-corrected chi connectivity index (χ0v) is 11.4. The van der Waals surface area contributed by atoms with Gasteiger partial charge in [0, 0.05) is 26.7 Å². The Kier molecular flexibility index (Phi) is 5.11. The average molecular weight is 249 g/mol. The van der Waals surface area contributed by atoms with E-state index in [2.05, 4.69) is 33.4 Å². The van der Waals surface area contributed by atoms with Crippen molar-refractivity contribution in [2.45, 2.75) is 19.5 Å². The molecule has 0 aromatic carbocycles. The Hall–Kier alpha value is -0.970. The molecule has 1 saturated heterocycles. The lowest BCUT2D eigenvalue weighted by Gasteiger charge is -2.15. The Labute approximate surface area is 109 Å². The number of nitrogens with one attached hydrogen (secondary N) is 1. The van der Waals surface area contributed by atoms with Gasteiger partial charge in [-0.15, -0.1) is 0 Å². The van der Waals surface area contributed by atoms with Crippen molar-refractivity contribution >= 4 is 0 Å². The number of rotatable bonds is 6. The lowest BCUT2D eigenvalue weighted by molar-refractivity contribution is 0.152. The molecular weight excluding hydrogens is 226 g/mol. The number of methoxy groups -OCH3 is 1. The summed E-state index contributed by atoms with van der Waals surface area (Å²) in [7, 11) is 3.73. The van der Waals surface area contributed by atoms with Crippen molar-refractivity contribution < 1.29 is 4.74 Å². The van der Waals surface area contributed by atoms with E-state index in [-0.39, 0.29) is 0 Å². The number of pyridine rings is 1. The first kappa shape index (κ1) is 13.5. The topological polar surface area (TPSA) is 37.4 Å². The molecule has 1 fully saturated rings. The summed E-state index contributed by atoms with van der Waals surface area (Å²) in [5, 5.41) is 3.14. The highest BCUT2D eigenvalue weighted by atomic mass is 16.5. The zero-order valence-electron chi connectivity index (χ0n) is 11.4. The van der Waals surface area contributed by atoms with E-state index in [1.807, 2.05) is 7.05 Å². The summed E-state index contributed by atoms with van der Waals surface area (Å²) < 4.78 is 5.22. The Balaban J connectivity index is 1.88. The van der Waals surface area contributed by atoms with Gasteiger partial charge in [-0.3, -0.25) is 9.88 Å². The highest BCUT2D eigenvalue weighted by Crippen LogP contribution is 2.18. The summed E-state index contributed by atoms with van der Waals surface area (Å²) >= 11 is 0. The van der Waals surface area contributed by atoms with Crippen molar-refractivity contribution in [2.75, 3.05) is 33.9 Å². The third-order valence-electron chi connectivity index (χ3n) is 3.38. The first-order chi connectivity index (χ1) is 8.81. The van der Waals surface area contributed by atoms with Crippen LogP contribution in [0.2, 0.25) is 0 Å². The molecule has 1 aliphatic heterocycles. The van der Waals surface area contributed by atoms with E-state index in [9.17, 15) is 0 Å².